The fourth-order valence-corrected chi connectivity index (χ4v) is 3.00. The van der Waals surface area contributed by atoms with Gasteiger partial charge in [0.25, 0.3) is 5.91 Å². The first-order valence-electron chi connectivity index (χ1n) is 9.34. The number of aliphatic imine (C=N–C) groups is 1. The number of esters is 1. The molecule has 2 aromatic carbocycles. The van der Waals surface area contributed by atoms with Gasteiger partial charge in [-0.1, -0.05) is 12.1 Å². The summed E-state index contributed by atoms with van der Waals surface area (Å²) in [6, 6.07) is 13.8. The predicted octanol–water partition coefficient (Wildman–Crippen LogP) is 2.82. The molecule has 0 spiro atoms. The van der Waals surface area contributed by atoms with Crippen LogP contribution in [-0.2, 0) is 20.7 Å². The lowest BCUT2D eigenvalue weighted by Gasteiger charge is -2.13. The maximum absolute atomic E-state index is 12.6. The average molecular weight is 394 g/mol. The fraction of sp³-hybridized carbons (Fsp3) is 0.273. The van der Waals surface area contributed by atoms with Gasteiger partial charge in [-0.15, -0.1) is 0 Å². The third kappa shape index (κ3) is 4.68. The van der Waals surface area contributed by atoms with Crippen molar-refractivity contribution in [3.63, 3.8) is 0 Å². The number of nitrogens with zero attached hydrogens (tertiary/aromatic N) is 2. The van der Waals surface area contributed by atoms with Gasteiger partial charge in [-0.05, 0) is 55.3 Å². The average Bonchev–Trinajstić information content (AvgIpc) is 3.02. The van der Waals surface area contributed by atoms with Crippen LogP contribution in [0.25, 0.3) is 0 Å². The van der Waals surface area contributed by atoms with E-state index in [4.69, 9.17) is 9.47 Å². The highest BCUT2D eigenvalue weighted by Crippen LogP contribution is 2.22. The third-order valence-corrected chi connectivity index (χ3v) is 4.52. The summed E-state index contributed by atoms with van der Waals surface area (Å²) in [4.78, 5) is 42.1. The molecule has 1 fully saturated rings. The van der Waals surface area contributed by atoms with E-state index < -0.39 is 11.9 Å². The van der Waals surface area contributed by atoms with Crippen LogP contribution < -0.4 is 9.64 Å². The van der Waals surface area contributed by atoms with Crippen LogP contribution in [-0.4, -0.2) is 43.8 Å². The van der Waals surface area contributed by atoms with E-state index in [1.54, 1.807) is 26.2 Å². The Hall–Kier alpha value is -3.48. The number of benzene rings is 2. The van der Waals surface area contributed by atoms with E-state index >= 15 is 0 Å². The largest absolute Gasteiger partial charge is 0.497 e. The van der Waals surface area contributed by atoms with Gasteiger partial charge >= 0.3 is 5.97 Å². The predicted molar refractivity (Wildman–Crippen MR) is 109 cm³/mol. The van der Waals surface area contributed by atoms with Crippen molar-refractivity contribution in [1.29, 1.82) is 0 Å². The molecule has 3 rings (SSSR count). The molecule has 2 amide bonds. The summed E-state index contributed by atoms with van der Waals surface area (Å²) in [6.45, 7) is 2.42. The van der Waals surface area contributed by atoms with Crippen LogP contribution in [0.3, 0.4) is 0 Å². The maximum atomic E-state index is 12.6. The first-order valence-corrected chi connectivity index (χ1v) is 9.34. The number of rotatable bonds is 7. The topological polar surface area (TPSA) is 85.3 Å². The SMILES string of the molecule is CCOC(=O)c1ccc(N2C(=O)CC(=NCCc3ccc(OC)cc3)C2=O)cc1. The minimum atomic E-state index is -0.445. The fourth-order valence-electron chi connectivity index (χ4n) is 3.00. The van der Waals surface area contributed by atoms with Gasteiger partial charge in [-0.25, -0.2) is 9.69 Å². The van der Waals surface area contributed by atoms with Crippen molar-refractivity contribution >= 4 is 29.2 Å². The first kappa shape index (κ1) is 20.3. The van der Waals surface area contributed by atoms with E-state index in [0.29, 0.717) is 24.2 Å². The van der Waals surface area contributed by atoms with E-state index in [-0.39, 0.29) is 24.6 Å². The molecule has 1 saturated heterocycles. The lowest BCUT2D eigenvalue weighted by atomic mass is 10.1. The zero-order valence-corrected chi connectivity index (χ0v) is 16.4. The number of anilines is 1. The van der Waals surface area contributed by atoms with E-state index in [0.717, 1.165) is 16.2 Å². The molecule has 0 atom stereocenters. The van der Waals surface area contributed by atoms with Gasteiger partial charge in [0.2, 0.25) is 5.91 Å². The summed E-state index contributed by atoms with van der Waals surface area (Å²) >= 11 is 0. The molecule has 0 bridgehead atoms. The van der Waals surface area contributed by atoms with Crippen LogP contribution in [0.2, 0.25) is 0 Å². The molecule has 0 saturated carbocycles. The Morgan fingerprint density at radius 3 is 2.38 bits per heavy atom. The molecule has 0 aliphatic carbocycles. The zero-order chi connectivity index (χ0) is 20.8. The number of carbonyl (C=O) groups is 3. The molecule has 0 radical (unpaired) electrons. The van der Waals surface area contributed by atoms with Gasteiger partial charge in [0.1, 0.15) is 11.5 Å². The molecule has 0 aromatic heterocycles. The summed E-state index contributed by atoms with van der Waals surface area (Å²) in [5, 5.41) is 0. The summed E-state index contributed by atoms with van der Waals surface area (Å²) in [5.41, 5.74) is 2.09. The standard InChI is InChI=1S/C22H22N2O5/c1-3-29-22(27)16-6-8-17(9-7-16)24-20(25)14-19(21(24)26)23-13-12-15-4-10-18(28-2)11-5-15/h4-11H,3,12-14H2,1-2H3. The minimum absolute atomic E-state index is 0.0267. The van der Waals surface area contributed by atoms with Gasteiger partial charge in [0.15, 0.2) is 0 Å². The summed E-state index contributed by atoms with van der Waals surface area (Å²) < 4.78 is 10.1. The van der Waals surface area contributed by atoms with Crippen LogP contribution in [0, 0.1) is 0 Å². The van der Waals surface area contributed by atoms with Crippen molar-refractivity contribution in [2.24, 2.45) is 4.99 Å². The van der Waals surface area contributed by atoms with Gasteiger partial charge in [-0.2, -0.15) is 0 Å². The number of imide groups is 1. The highest BCUT2D eigenvalue weighted by molar-refractivity contribution is 6.56. The monoisotopic (exact) mass is 394 g/mol. The minimum Gasteiger partial charge on any atom is -0.497 e. The molecular formula is C22H22N2O5. The van der Waals surface area contributed by atoms with Crippen LogP contribution in [0.1, 0.15) is 29.3 Å². The number of hydrogen-bond donors (Lipinski definition) is 0. The van der Waals surface area contributed by atoms with Crippen LogP contribution >= 0.6 is 0 Å². The number of ether oxygens (including phenoxy) is 2. The Morgan fingerprint density at radius 1 is 1.07 bits per heavy atom. The van der Waals surface area contributed by atoms with E-state index in [1.165, 1.54) is 12.1 Å². The van der Waals surface area contributed by atoms with Crippen molar-refractivity contribution in [2.45, 2.75) is 19.8 Å². The number of hydrogen-bond acceptors (Lipinski definition) is 6. The maximum Gasteiger partial charge on any atom is 0.338 e. The number of amides is 2. The molecule has 1 aliphatic rings. The van der Waals surface area contributed by atoms with Crippen molar-refractivity contribution < 1.29 is 23.9 Å². The molecule has 1 heterocycles. The van der Waals surface area contributed by atoms with Gasteiger partial charge in [-0.3, -0.25) is 14.6 Å². The Kier molecular flexibility index (Phi) is 6.39. The lowest BCUT2D eigenvalue weighted by Crippen LogP contribution is -2.30. The molecule has 29 heavy (non-hydrogen) atoms. The van der Waals surface area contributed by atoms with Gasteiger partial charge in [0.05, 0.1) is 31.4 Å². The summed E-state index contributed by atoms with van der Waals surface area (Å²) in [7, 11) is 1.61. The molecule has 1 aliphatic heterocycles. The molecule has 2 aromatic rings. The Balaban J connectivity index is 1.65. The summed E-state index contributed by atoms with van der Waals surface area (Å²) in [5.74, 6) is -0.421. The second-order valence-electron chi connectivity index (χ2n) is 6.40. The van der Waals surface area contributed by atoms with Crippen LogP contribution in [0.15, 0.2) is 53.5 Å². The van der Waals surface area contributed by atoms with E-state index in [1.807, 2.05) is 24.3 Å². The van der Waals surface area contributed by atoms with E-state index in [2.05, 4.69) is 4.99 Å². The van der Waals surface area contributed by atoms with Crippen LogP contribution in [0.4, 0.5) is 5.69 Å². The normalized spacial score (nSPS) is 15.1. The zero-order valence-electron chi connectivity index (χ0n) is 16.4. The third-order valence-electron chi connectivity index (χ3n) is 4.52. The van der Waals surface area contributed by atoms with Crippen molar-refractivity contribution in [3.8, 4) is 5.75 Å². The van der Waals surface area contributed by atoms with E-state index in [9.17, 15) is 14.4 Å². The number of methoxy groups -OCH3 is 1. The Morgan fingerprint density at radius 2 is 1.76 bits per heavy atom. The molecular weight excluding hydrogens is 372 g/mol. The smallest absolute Gasteiger partial charge is 0.338 e. The van der Waals surface area contributed by atoms with Gasteiger partial charge < -0.3 is 9.47 Å². The Bertz CT molecular complexity index is 933. The first-order chi connectivity index (χ1) is 14.0. The van der Waals surface area contributed by atoms with Crippen molar-refractivity contribution in [1.82, 2.24) is 0 Å². The highest BCUT2D eigenvalue weighted by Gasteiger charge is 2.36. The molecule has 150 valence electrons. The van der Waals surface area contributed by atoms with Crippen LogP contribution in [0.5, 0.6) is 5.75 Å². The lowest BCUT2D eigenvalue weighted by molar-refractivity contribution is -0.120. The highest BCUT2D eigenvalue weighted by atomic mass is 16.5. The molecule has 7 nitrogen and oxygen atoms in total. The summed E-state index contributed by atoms with van der Waals surface area (Å²) in [6.07, 6.45) is 0.629. The van der Waals surface area contributed by atoms with Crippen molar-refractivity contribution in [3.05, 3.63) is 59.7 Å². The van der Waals surface area contributed by atoms with Crippen molar-refractivity contribution in [2.75, 3.05) is 25.2 Å². The van der Waals surface area contributed by atoms with Gasteiger partial charge in [0, 0.05) is 6.54 Å². The second-order valence-corrected chi connectivity index (χ2v) is 6.40. The molecule has 7 heteroatoms. The Labute approximate surface area is 168 Å². The molecule has 0 N–H and O–H groups in total. The number of carbonyl (C=O) groups excluding carboxylic acids is 3. The quantitative estimate of drug-likeness (QED) is 0.533. The molecule has 0 unspecified atom stereocenters. The second kappa shape index (κ2) is 9.14.